The minimum absolute atomic E-state index is 0. The predicted octanol–water partition coefficient (Wildman–Crippen LogP) is 4.52. The molecule has 2 N–H and O–H groups in total. The molecule has 1 aromatic carbocycles. The highest BCUT2D eigenvalue weighted by molar-refractivity contribution is 14.0. The molecule has 0 aliphatic carbocycles. The van der Waals surface area contributed by atoms with Crippen molar-refractivity contribution >= 4 is 29.9 Å². The fourth-order valence-electron chi connectivity index (χ4n) is 2.67. The van der Waals surface area contributed by atoms with Gasteiger partial charge < -0.3 is 24.2 Å². The largest absolute Gasteiger partial charge is 0.467 e. The van der Waals surface area contributed by atoms with Crippen LogP contribution in [0, 0.1) is 6.92 Å². The van der Waals surface area contributed by atoms with Gasteiger partial charge in [0.15, 0.2) is 11.7 Å². The van der Waals surface area contributed by atoms with Crippen molar-refractivity contribution in [3.63, 3.8) is 0 Å². The lowest BCUT2D eigenvalue weighted by molar-refractivity contribution is 0.105. The maximum Gasteiger partial charge on any atom is 0.216 e. The van der Waals surface area contributed by atoms with E-state index >= 15 is 0 Å². The lowest BCUT2D eigenvalue weighted by Gasteiger charge is -2.10. The third-order valence-corrected chi connectivity index (χ3v) is 4.19. The fraction of sp³-hybridized carbons (Fsp3) is 0.364. The summed E-state index contributed by atoms with van der Waals surface area (Å²) in [4.78, 5) is 8.88. The molecule has 0 fully saturated rings. The van der Waals surface area contributed by atoms with Crippen LogP contribution in [0.15, 0.2) is 62.7 Å². The summed E-state index contributed by atoms with van der Waals surface area (Å²) in [6.07, 6.45) is 4.25. The van der Waals surface area contributed by atoms with Crippen molar-refractivity contribution in [3.05, 3.63) is 66.1 Å². The first-order valence-corrected chi connectivity index (χ1v) is 9.88. The summed E-state index contributed by atoms with van der Waals surface area (Å²) in [5, 5.41) is 6.52. The van der Waals surface area contributed by atoms with Gasteiger partial charge in [0, 0.05) is 25.3 Å². The summed E-state index contributed by atoms with van der Waals surface area (Å²) < 4.78 is 16.6. The lowest BCUT2D eigenvalue weighted by atomic mass is 10.1. The Morgan fingerprint density at radius 3 is 2.73 bits per heavy atom. The quantitative estimate of drug-likeness (QED) is 0.176. The monoisotopic (exact) mass is 524 g/mol. The first-order chi connectivity index (χ1) is 14.2. The van der Waals surface area contributed by atoms with Crippen molar-refractivity contribution < 1.29 is 13.6 Å². The van der Waals surface area contributed by atoms with E-state index in [1.165, 1.54) is 5.56 Å². The van der Waals surface area contributed by atoms with Gasteiger partial charge in [-0.1, -0.05) is 29.8 Å². The van der Waals surface area contributed by atoms with Gasteiger partial charge in [-0.2, -0.15) is 0 Å². The highest BCUT2D eigenvalue weighted by atomic mass is 127. The molecule has 2 heterocycles. The summed E-state index contributed by atoms with van der Waals surface area (Å²) in [7, 11) is 0. The van der Waals surface area contributed by atoms with Crippen molar-refractivity contribution in [2.24, 2.45) is 4.99 Å². The van der Waals surface area contributed by atoms with E-state index in [9.17, 15) is 0 Å². The molecule has 0 spiro atoms. The zero-order chi connectivity index (χ0) is 20.3. The Morgan fingerprint density at radius 1 is 1.17 bits per heavy atom. The van der Waals surface area contributed by atoms with Gasteiger partial charge >= 0.3 is 0 Å². The van der Waals surface area contributed by atoms with Gasteiger partial charge in [0.2, 0.25) is 5.89 Å². The second kappa shape index (κ2) is 13.1. The standard InChI is InChI=1S/C22H28N4O3.HI/c1-3-23-22(24-11-5-12-27-16-19-6-4-13-28-19)26-15-21-25-14-20(29-21)18-9-7-17(2)8-10-18;/h4,6-10,13-14H,3,5,11-12,15-16H2,1-2H3,(H2,23,24,26);1H. The van der Waals surface area contributed by atoms with Crippen LogP contribution in [0.4, 0.5) is 0 Å². The van der Waals surface area contributed by atoms with E-state index in [-0.39, 0.29) is 24.0 Å². The van der Waals surface area contributed by atoms with Crippen LogP contribution in [0.2, 0.25) is 0 Å². The predicted molar refractivity (Wildman–Crippen MR) is 128 cm³/mol. The Morgan fingerprint density at radius 2 is 2.00 bits per heavy atom. The maximum atomic E-state index is 5.83. The van der Waals surface area contributed by atoms with Crippen LogP contribution in [0.25, 0.3) is 11.3 Å². The molecule has 2 aromatic heterocycles. The van der Waals surface area contributed by atoms with Gasteiger partial charge in [-0.15, -0.1) is 24.0 Å². The summed E-state index contributed by atoms with van der Waals surface area (Å²) in [6, 6.07) is 11.9. The van der Waals surface area contributed by atoms with Gasteiger partial charge in [-0.05, 0) is 32.4 Å². The Labute approximate surface area is 194 Å². The molecule has 0 atom stereocenters. The van der Waals surface area contributed by atoms with Gasteiger partial charge in [0.1, 0.15) is 18.9 Å². The van der Waals surface area contributed by atoms with E-state index in [0.29, 0.717) is 25.6 Å². The molecule has 7 nitrogen and oxygen atoms in total. The van der Waals surface area contributed by atoms with E-state index in [1.807, 2.05) is 31.2 Å². The molecular formula is C22H29IN4O3. The Balaban J connectivity index is 0.00000320. The van der Waals surface area contributed by atoms with Crippen molar-refractivity contribution in [3.8, 4) is 11.3 Å². The average Bonchev–Trinajstić information content (AvgIpc) is 3.41. The number of guanidine groups is 1. The zero-order valence-electron chi connectivity index (χ0n) is 17.4. The van der Waals surface area contributed by atoms with Crippen LogP contribution in [-0.2, 0) is 17.9 Å². The van der Waals surface area contributed by atoms with Crippen molar-refractivity contribution in [2.75, 3.05) is 19.7 Å². The van der Waals surface area contributed by atoms with E-state index in [0.717, 1.165) is 42.6 Å². The molecule has 8 heteroatoms. The molecule has 0 unspecified atom stereocenters. The summed E-state index contributed by atoms with van der Waals surface area (Å²) in [5.41, 5.74) is 2.23. The SMILES string of the molecule is CCNC(=NCc1ncc(-c2ccc(C)cc2)o1)NCCCOCc1ccco1.I. The summed E-state index contributed by atoms with van der Waals surface area (Å²) in [5.74, 6) is 2.90. The second-order valence-electron chi connectivity index (χ2n) is 6.59. The molecule has 0 amide bonds. The van der Waals surface area contributed by atoms with Crippen LogP contribution in [0.3, 0.4) is 0 Å². The molecule has 0 aliphatic heterocycles. The first kappa shape index (κ1) is 23.9. The number of nitrogens with zero attached hydrogens (tertiary/aromatic N) is 2. The normalized spacial score (nSPS) is 11.2. The highest BCUT2D eigenvalue weighted by Crippen LogP contribution is 2.20. The topological polar surface area (TPSA) is 84.8 Å². The molecule has 0 aliphatic rings. The van der Waals surface area contributed by atoms with Crippen LogP contribution >= 0.6 is 24.0 Å². The lowest BCUT2D eigenvalue weighted by Crippen LogP contribution is -2.38. The van der Waals surface area contributed by atoms with Crippen LogP contribution < -0.4 is 10.6 Å². The van der Waals surface area contributed by atoms with E-state index < -0.39 is 0 Å². The average molecular weight is 524 g/mol. The number of rotatable bonds is 10. The molecule has 0 radical (unpaired) electrons. The fourth-order valence-corrected chi connectivity index (χ4v) is 2.67. The number of nitrogens with one attached hydrogen (secondary N) is 2. The molecule has 162 valence electrons. The number of halogens is 1. The third kappa shape index (κ3) is 7.83. The summed E-state index contributed by atoms with van der Waals surface area (Å²) >= 11 is 0. The Bertz CT molecular complexity index is 876. The third-order valence-electron chi connectivity index (χ3n) is 4.19. The molecule has 0 bridgehead atoms. The van der Waals surface area contributed by atoms with Crippen LogP contribution in [0.5, 0.6) is 0 Å². The van der Waals surface area contributed by atoms with E-state index in [4.69, 9.17) is 13.6 Å². The molecule has 0 saturated carbocycles. The number of aryl methyl sites for hydroxylation is 1. The van der Waals surface area contributed by atoms with E-state index in [1.54, 1.807) is 12.5 Å². The number of furan rings is 1. The smallest absolute Gasteiger partial charge is 0.216 e. The van der Waals surface area contributed by atoms with Crippen molar-refractivity contribution in [2.45, 2.75) is 33.4 Å². The molecule has 3 aromatic rings. The zero-order valence-corrected chi connectivity index (χ0v) is 19.7. The van der Waals surface area contributed by atoms with Gasteiger partial charge in [0.05, 0.1) is 12.5 Å². The van der Waals surface area contributed by atoms with Crippen LogP contribution in [0.1, 0.15) is 30.6 Å². The van der Waals surface area contributed by atoms with Crippen LogP contribution in [-0.4, -0.2) is 30.6 Å². The number of ether oxygens (including phenoxy) is 1. The van der Waals surface area contributed by atoms with Crippen molar-refractivity contribution in [1.82, 2.24) is 15.6 Å². The Kier molecular flexibility index (Phi) is 10.4. The maximum absolute atomic E-state index is 5.83. The molecule has 0 saturated heterocycles. The highest BCUT2D eigenvalue weighted by Gasteiger charge is 2.06. The molecule has 3 rings (SSSR count). The summed E-state index contributed by atoms with van der Waals surface area (Å²) in [6.45, 7) is 7.14. The number of hydrogen-bond acceptors (Lipinski definition) is 5. The number of aliphatic imine (C=N–C) groups is 1. The van der Waals surface area contributed by atoms with Crippen molar-refractivity contribution in [1.29, 1.82) is 0 Å². The number of benzene rings is 1. The van der Waals surface area contributed by atoms with Gasteiger partial charge in [0.25, 0.3) is 0 Å². The number of oxazole rings is 1. The minimum Gasteiger partial charge on any atom is -0.467 e. The van der Waals surface area contributed by atoms with Gasteiger partial charge in [-0.25, -0.2) is 9.98 Å². The Hall–Kier alpha value is -2.33. The molecular weight excluding hydrogens is 495 g/mol. The second-order valence-corrected chi connectivity index (χ2v) is 6.59. The minimum atomic E-state index is 0. The first-order valence-electron chi connectivity index (χ1n) is 9.88. The number of hydrogen-bond donors (Lipinski definition) is 2. The van der Waals surface area contributed by atoms with Gasteiger partial charge in [-0.3, -0.25) is 0 Å². The number of aromatic nitrogens is 1. The van der Waals surface area contributed by atoms with E-state index in [2.05, 4.69) is 39.7 Å². The molecule has 30 heavy (non-hydrogen) atoms.